The van der Waals surface area contributed by atoms with Gasteiger partial charge in [-0.3, -0.25) is 0 Å². The van der Waals surface area contributed by atoms with E-state index in [2.05, 4.69) is 0 Å². The van der Waals surface area contributed by atoms with Gasteiger partial charge in [0.25, 0.3) is 0 Å². The van der Waals surface area contributed by atoms with Crippen molar-refractivity contribution in [2.45, 2.75) is 23.4 Å². The van der Waals surface area contributed by atoms with E-state index in [9.17, 15) is 4.91 Å². The lowest BCUT2D eigenvalue weighted by Crippen LogP contribution is -2.66. The molecule has 11 nitrogen and oxygen atoms in total. The first-order valence-corrected chi connectivity index (χ1v) is 3.37. The molecule has 0 aromatic heterocycles. The number of hydrogen-bond donors (Lipinski definition) is 8. The lowest BCUT2D eigenvalue weighted by Gasteiger charge is -2.32. The second-order valence-corrected chi connectivity index (χ2v) is 3.01. The molecular weight excluding hydrogens is 220 g/mol. The Balaban J connectivity index is 3.46. The van der Waals surface area contributed by atoms with E-state index in [0.29, 0.717) is 0 Å². The lowest BCUT2D eigenvalue weighted by atomic mass is 10.1. The number of nitrogens with zero attached hydrogens (tertiary/aromatic N) is 2. The van der Waals surface area contributed by atoms with E-state index in [4.69, 9.17) is 40.9 Å². The fraction of sp³-hybridized carbons (Fsp3) is 1.00. The second kappa shape index (κ2) is 2.60. The third kappa shape index (κ3) is 1.000. The maximum absolute atomic E-state index is 10.0. The van der Waals surface area contributed by atoms with Crippen LogP contribution in [-0.2, 0) is 0 Å². The number of rotatable bonds is 1. The molecule has 0 aliphatic carbocycles. The van der Waals surface area contributed by atoms with E-state index in [1.54, 1.807) is 5.29 Å². The molecule has 0 bridgehead atoms. The summed E-state index contributed by atoms with van der Waals surface area (Å²) in [4.78, 5) is 10.0. The van der Waals surface area contributed by atoms with Crippen LogP contribution >= 0.6 is 0 Å². The van der Waals surface area contributed by atoms with Gasteiger partial charge in [-0.15, -0.1) is 9.92 Å². The monoisotopic (exact) mass is 228 g/mol. The summed E-state index contributed by atoms with van der Waals surface area (Å²) in [5.41, 5.74) is 0. The topological polar surface area (TPSA) is 195 Å². The fourth-order valence-electron chi connectivity index (χ4n) is 1.09. The minimum Gasteiger partial charge on any atom is -0.355 e. The van der Waals surface area contributed by atoms with Crippen molar-refractivity contribution < 1.29 is 40.9 Å². The molecule has 15 heavy (non-hydrogen) atoms. The van der Waals surface area contributed by atoms with Gasteiger partial charge in [0.15, 0.2) is 0 Å². The third-order valence-electron chi connectivity index (χ3n) is 2.09. The molecule has 0 aromatic rings. The van der Waals surface area contributed by atoms with Crippen LogP contribution < -0.4 is 0 Å². The van der Waals surface area contributed by atoms with Crippen LogP contribution in [0.15, 0.2) is 5.29 Å². The second-order valence-electron chi connectivity index (χ2n) is 3.01. The van der Waals surface area contributed by atoms with Crippen molar-refractivity contribution in [2.75, 3.05) is 0 Å². The molecule has 1 fully saturated rings. The molecular formula is C4H8N2O9. The van der Waals surface area contributed by atoms with Gasteiger partial charge in [-0.1, -0.05) is 0 Å². The summed E-state index contributed by atoms with van der Waals surface area (Å²) in [6.07, 6.45) is 0. The molecule has 8 N–H and O–H groups in total. The van der Waals surface area contributed by atoms with Crippen LogP contribution in [0.2, 0.25) is 0 Å². The Morgan fingerprint density at radius 3 is 1.13 bits per heavy atom. The molecule has 0 atom stereocenters. The minimum absolute atomic E-state index is 1.04. The van der Waals surface area contributed by atoms with Gasteiger partial charge in [0.1, 0.15) is 0 Å². The van der Waals surface area contributed by atoms with Crippen molar-refractivity contribution in [3.8, 4) is 0 Å². The molecule has 0 spiro atoms. The standard InChI is InChI=1S/C4H8N2O9/c7-1(8)2(9,10)4(13,14)6(5-15)3(1,11)12/h7-14H. The van der Waals surface area contributed by atoms with Gasteiger partial charge in [-0.25, -0.2) is 0 Å². The molecule has 0 saturated carbocycles. The molecule has 1 saturated heterocycles. The summed E-state index contributed by atoms with van der Waals surface area (Å²) >= 11 is 0. The van der Waals surface area contributed by atoms with Crippen molar-refractivity contribution in [3.05, 3.63) is 4.91 Å². The lowest BCUT2D eigenvalue weighted by molar-refractivity contribution is -0.452. The first-order valence-electron chi connectivity index (χ1n) is 3.37. The minimum atomic E-state index is -4.25. The van der Waals surface area contributed by atoms with Crippen molar-refractivity contribution in [2.24, 2.45) is 5.29 Å². The summed E-state index contributed by atoms with van der Waals surface area (Å²) in [6, 6.07) is 0. The SMILES string of the molecule is O=NN1C(O)(O)C(O)(O)C(O)(O)C1(O)O. The molecule has 0 amide bonds. The average Bonchev–Trinajstić information content (AvgIpc) is 2.07. The summed E-state index contributed by atoms with van der Waals surface area (Å²) in [5, 5.41) is 71.7. The number of nitroso groups, excluding NO2 is 1. The summed E-state index contributed by atoms with van der Waals surface area (Å²) < 4.78 is 0. The Morgan fingerprint density at radius 1 is 0.733 bits per heavy atom. The van der Waals surface area contributed by atoms with E-state index in [1.165, 1.54) is 0 Å². The summed E-state index contributed by atoms with van der Waals surface area (Å²) in [6.45, 7) is 0. The molecule has 1 rings (SSSR count). The van der Waals surface area contributed by atoms with Crippen molar-refractivity contribution in [1.82, 2.24) is 5.01 Å². The molecule has 0 radical (unpaired) electrons. The average molecular weight is 228 g/mol. The van der Waals surface area contributed by atoms with Crippen LogP contribution in [0.1, 0.15) is 0 Å². The molecule has 0 unspecified atom stereocenters. The van der Waals surface area contributed by atoms with Gasteiger partial charge in [0, 0.05) is 0 Å². The highest BCUT2D eigenvalue weighted by atomic mass is 16.7. The van der Waals surface area contributed by atoms with Crippen LogP contribution in [0.3, 0.4) is 0 Å². The highest BCUT2D eigenvalue weighted by Crippen LogP contribution is 2.47. The smallest absolute Gasteiger partial charge is 0.332 e. The molecule has 1 aliphatic heterocycles. The molecule has 0 aromatic carbocycles. The van der Waals surface area contributed by atoms with Crippen LogP contribution in [0.5, 0.6) is 0 Å². The maximum Gasteiger partial charge on any atom is 0.332 e. The zero-order valence-electron chi connectivity index (χ0n) is 6.88. The highest BCUT2D eigenvalue weighted by molar-refractivity contribution is 5.08. The summed E-state index contributed by atoms with van der Waals surface area (Å²) in [5.74, 6) is -16.7. The predicted molar refractivity (Wildman–Crippen MR) is 36.3 cm³/mol. The van der Waals surface area contributed by atoms with Crippen LogP contribution in [0, 0.1) is 4.91 Å². The normalized spacial score (nSPS) is 30.3. The highest BCUT2D eigenvalue weighted by Gasteiger charge is 2.84. The number of aliphatic hydroxyl groups is 8. The van der Waals surface area contributed by atoms with E-state index in [0.717, 1.165) is 0 Å². The zero-order chi connectivity index (χ0) is 12.3. The van der Waals surface area contributed by atoms with E-state index in [-0.39, 0.29) is 0 Å². The number of hydrogen-bond acceptors (Lipinski definition) is 10. The quantitative estimate of drug-likeness (QED) is 0.158. The Hall–Kier alpha value is -0.920. The molecule has 11 heteroatoms. The van der Waals surface area contributed by atoms with Gasteiger partial charge in [-0.05, 0) is 0 Å². The van der Waals surface area contributed by atoms with Gasteiger partial charge < -0.3 is 40.9 Å². The zero-order valence-corrected chi connectivity index (χ0v) is 6.88. The Kier molecular flexibility index (Phi) is 2.11. The maximum atomic E-state index is 10.0. The van der Waals surface area contributed by atoms with Gasteiger partial charge in [-0.2, -0.15) is 0 Å². The fourth-order valence-corrected chi connectivity index (χ4v) is 1.09. The van der Waals surface area contributed by atoms with Gasteiger partial charge in [0.05, 0.1) is 5.29 Å². The molecule has 88 valence electrons. The van der Waals surface area contributed by atoms with E-state index >= 15 is 0 Å². The predicted octanol–water partition coefficient (Wildman–Crippen LogP) is -5.38. The first kappa shape index (κ1) is 12.2. The van der Waals surface area contributed by atoms with Crippen molar-refractivity contribution in [1.29, 1.82) is 0 Å². The Labute approximate surface area is 80.6 Å². The van der Waals surface area contributed by atoms with E-state index in [1.807, 2.05) is 0 Å². The van der Waals surface area contributed by atoms with Crippen LogP contribution in [-0.4, -0.2) is 69.3 Å². The van der Waals surface area contributed by atoms with Crippen molar-refractivity contribution >= 4 is 0 Å². The first-order chi connectivity index (χ1) is 6.44. The summed E-state index contributed by atoms with van der Waals surface area (Å²) in [7, 11) is 0. The third-order valence-corrected chi connectivity index (χ3v) is 2.09. The van der Waals surface area contributed by atoms with Crippen LogP contribution in [0.4, 0.5) is 0 Å². The van der Waals surface area contributed by atoms with Crippen molar-refractivity contribution in [3.63, 3.8) is 0 Å². The molecule has 1 heterocycles. The Bertz CT molecular complexity index is 270. The van der Waals surface area contributed by atoms with E-state index < -0.39 is 28.4 Å². The van der Waals surface area contributed by atoms with Gasteiger partial charge >= 0.3 is 23.4 Å². The van der Waals surface area contributed by atoms with Crippen LogP contribution in [0.25, 0.3) is 0 Å². The molecule has 1 aliphatic rings. The largest absolute Gasteiger partial charge is 0.355 e. The van der Waals surface area contributed by atoms with Gasteiger partial charge in [0.2, 0.25) is 0 Å². The Morgan fingerprint density at radius 2 is 1.00 bits per heavy atom.